The number of carbonyl (C=O) groups excluding carboxylic acids is 1. The molecule has 0 unspecified atom stereocenters. The van der Waals surface area contributed by atoms with Crippen LogP contribution in [0.4, 0.5) is 0 Å². The Kier molecular flexibility index (Phi) is 4.16. The Morgan fingerprint density at radius 3 is 2.57 bits per heavy atom. The van der Waals surface area contributed by atoms with E-state index in [1.54, 1.807) is 0 Å². The molecule has 0 aromatic carbocycles. The van der Waals surface area contributed by atoms with E-state index in [1.165, 1.54) is 53.0 Å². The lowest BCUT2D eigenvalue weighted by Crippen LogP contribution is -2.29. The molecule has 4 heterocycles. The molecule has 2 saturated heterocycles. The highest BCUT2D eigenvalue weighted by molar-refractivity contribution is 7.19. The fraction of sp³-hybridized carbons (Fsp3) is 0.611. The van der Waals surface area contributed by atoms with Crippen LogP contribution in [-0.4, -0.2) is 46.9 Å². The molecule has 1 amide bonds. The van der Waals surface area contributed by atoms with Crippen molar-refractivity contribution >= 4 is 27.5 Å². The number of likely N-dealkylation sites (tertiary alicyclic amines) is 2. The maximum atomic E-state index is 12.6. The molecule has 2 aromatic heterocycles. The van der Waals surface area contributed by atoms with Gasteiger partial charge in [0.25, 0.3) is 5.91 Å². The number of amides is 1. The number of aromatic nitrogens is 1. The number of hydrogen-bond acceptors (Lipinski definition) is 3. The van der Waals surface area contributed by atoms with Gasteiger partial charge < -0.3 is 9.88 Å². The van der Waals surface area contributed by atoms with Crippen LogP contribution in [0.2, 0.25) is 0 Å². The summed E-state index contributed by atoms with van der Waals surface area (Å²) in [5, 5.41) is 0. The summed E-state index contributed by atoms with van der Waals surface area (Å²) in [4.78, 5) is 22.0. The molecule has 0 saturated carbocycles. The van der Waals surface area contributed by atoms with Gasteiger partial charge in [0.1, 0.15) is 5.69 Å². The van der Waals surface area contributed by atoms with E-state index in [-0.39, 0.29) is 5.91 Å². The summed E-state index contributed by atoms with van der Waals surface area (Å²) in [6, 6.07) is 2.06. The van der Waals surface area contributed by atoms with Gasteiger partial charge >= 0.3 is 0 Å². The van der Waals surface area contributed by atoms with Crippen molar-refractivity contribution in [2.45, 2.75) is 45.6 Å². The van der Waals surface area contributed by atoms with Gasteiger partial charge in [0.05, 0.1) is 10.2 Å². The van der Waals surface area contributed by atoms with Crippen LogP contribution in [0.1, 0.15) is 53.0 Å². The van der Waals surface area contributed by atoms with Crippen LogP contribution < -0.4 is 0 Å². The molecule has 5 heteroatoms. The highest BCUT2D eigenvalue weighted by Gasteiger charge is 2.23. The van der Waals surface area contributed by atoms with Gasteiger partial charge in [-0.3, -0.25) is 9.69 Å². The number of fused-ring (bicyclic) bond motifs is 1. The Hall–Kier alpha value is -1.33. The lowest BCUT2D eigenvalue weighted by Gasteiger charge is -2.26. The predicted molar refractivity (Wildman–Crippen MR) is 95.2 cm³/mol. The van der Waals surface area contributed by atoms with E-state index < -0.39 is 0 Å². The number of rotatable bonds is 3. The zero-order valence-electron chi connectivity index (χ0n) is 13.9. The van der Waals surface area contributed by atoms with Crippen LogP contribution in [0.5, 0.6) is 0 Å². The Morgan fingerprint density at radius 2 is 1.83 bits per heavy atom. The van der Waals surface area contributed by atoms with Crippen LogP contribution >= 0.6 is 11.3 Å². The summed E-state index contributed by atoms with van der Waals surface area (Å²) in [6.07, 6.45) is 6.28. The van der Waals surface area contributed by atoms with E-state index in [4.69, 9.17) is 0 Å². The van der Waals surface area contributed by atoms with Gasteiger partial charge in [0.15, 0.2) is 0 Å². The number of thiophene rings is 1. The molecule has 124 valence electrons. The largest absolute Gasteiger partial charge is 0.350 e. The SMILES string of the molecule is Cc1sc2cc(C(=O)N3CCCC3)[nH]c2c1CN1CCCCC1. The fourth-order valence-electron chi connectivity index (χ4n) is 3.88. The number of piperidine rings is 1. The number of aromatic amines is 1. The van der Waals surface area contributed by atoms with Crippen molar-refractivity contribution in [3.05, 3.63) is 22.2 Å². The maximum absolute atomic E-state index is 12.6. The topological polar surface area (TPSA) is 39.3 Å². The van der Waals surface area contributed by atoms with Gasteiger partial charge in [-0.2, -0.15) is 0 Å². The van der Waals surface area contributed by atoms with E-state index >= 15 is 0 Å². The molecule has 0 aliphatic carbocycles. The highest BCUT2D eigenvalue weighted by atomic mass is 32.1. The van der Waals surface area contributed by atoms with E-state index in [0.29, 0.717) is 0 Å². The molecule has 1 N–H and O–H groups in total. The third kappa shape index (κ3) is 2.92. The minimum absolute atomic E-state index is 0.174. The zero-order chi connectivity index (χ0) is 15.8. The summed E-state index contributed by atoms with van der Waals surface area (Å²) < 4.78 is 1.23. The predicted octanol–water partition coefficient (Wildman–Crippen LogP) is 3.76. The van der Waals surface area contributed by atoms with Crippen molar-refractivity contribution in [2.24, 2.45) is 0 Å². The second-order valence-corrected chi connectivity index (χ2v) is 8.15. The minimum Gasteiger partial charge on any atom is -0.350 e. The normalized spacial score (nSPS) is 19.8. The summed E-state index contributed by atoms with van der Waals surface area (Å²) in [7, 11) is 0. The molecule has 0 radical (unpaired) electrons. The minimum atomic E-state index is 0.174. The number of carbonyl (C=O) groups is 1. The van der Waals surface area contributed by atoms with E-state index in [1.807, 2.05) is 16.2 Å². The zero-order valence-corrected chi connectivity index (χ0v) is 14.7. The van der Waals surface area contributed by atoms with E-state index in [0.717, 1.165) is 38.2 Å². The molecule has 0 bridgehead atoms. The smallest absolute Gasteiger partial charge is 0.270 e. The second-order valence-electron chi connectivity index (χ2n) is 6.90. The van der Waals surface area contributed by atoms with Crippen LogP contribution in [0.3, 0.4) is 0 Å². The molecule has 23 heavy (non-hydrogen) atoms. The van der Waals surface area contributed by atoms with Gasteiger partial charge in [-0.15, -0.1) is 11.3 Å². The summed E-state index contributed by atoms with van der Waals surface area (Å²) in [6.45, 7) is 7.45. The van der Waals surface area contributed by atoms with Crippen molar-refractivity contribution < 1.29 is 4.79 Å². The first-order valence-electron chi connectivity index (χ1n) is 8.85. The molecule has 2 aliphatic heterocycles. The number of H-pyrrole nitrogens is 1. The van der Waals surface area contributed by atoms with Crippen LogP contribution in [-0.2, 0) is 6.54 Å². The van der Waals surface area contributed by atoms with Crippen LogP contribution in [0, 0.1) is 6.92 Å². The summed E-state index contributed by atoms with van der Waals surface area (Å²) >= 11 is 1.82. The van der Waals surface area contributed by atoms with Crippen molar-refractivity contribution in [3.63, 3.8) is 0 Å². The summed E-state index contributed by atoms with van der Waals surface area (Å²) in [5.41, 5.74) is 3.36. The van der Waals surface area contributed by atoms with Crippen molar-refractivity contribution in [3.8, 4) is 0 Å². The van der Waals surface area contributed by atoms with Crippen molar-refractivity contribution in [2.75, 3.05) is 26.2 Å². The van der Waals surface area contributed by atoms with Gasteiger partial charge in [-0.1, -0.05) is 6.42 Å². The lowest BCUT2D eigenvalue weighted by molar-refractivity contribution is 0.0788. The molecule has 2 aliphatic rings. The maximum Gasteiger partial charge on any atom is 0.270 e. The first-order valence-corrected chi connectivity index (χ1v) is 9.66. The molecule has 0 spiro atoms. The average Bonchev–Trinajstić information content (AvgIpc) is 3.27. The monoisotopic (exact) mass is 331 g/mol. The third-order valence-corrected chi connectivity index (χ3v) is 6.32. The number of nitrogens with zero attached hydrogens (tertiary/aromatic N) is 2. The Morgan fingerprint density at radius 1 is 1.13 bits per heavy atom. The van der Waals surface area contributed by atoms with Crippen molar-refractivity contribution in [1.82, 2.24) is 14.8 Å². The van der Waals surface area contributed by atoms with Gasteiger partial charge in [0.2, 0.25) is 0 Å². The molecular weight excluding hydrogens is 306 g/mol. The first kappa shape index (κ1) is 15.2. The number of hydrogen-bond donors (Lipinski definition) is 1. The Labute approximate surface area is 141 Å². The van der Waals surface area contributed by atoms with Crippen LogP contribution in [0.15, 0.2) is 6.07 Å². The average molecular weight is 331 g/mol. The third-order valence-electron chi connectivity index (χ3n) is 5.23. The van der Waals surface area contributed by atoms with E-state index in [2.05, 4.69) is 22.9 Å². The fourth-order valence-corrected chi connectivity index (χ4v) is 4.95. The van der Waals surface area contributed by atoms with Gasteiger partial charge in [0, 0.05) is 30.1 Å². The molecule has 4 nitrogen and oxygen atoms in total. The second kappa shape index (κ2) is 6.29. The van der Waals surface area contributed by atoms with Gasteiger partial charge in [-0.25, -0.2) is 0 Å². The van der Waals surface area contributed by atoms with E-state index in [9.17, 15) is 4.79 Å². The molecule has 4 rings (SSSR count). The molecule has 2 aromatic rings. The lowest BCUT2D eigenvalue weighted by atomic mass is 10.1. The quantitative estimate of drug-likeness (QED) is 0.930. The number of aryl methyl sites for hydroxylation is 1. The molecular formula is C18H25N3OS. The Bertz CT molecular complexity index is 705. The summed E-state index contributed by atoms with van der Waals surface area (Å²) in [5.74, 6) is 0.174. The highest BCUT2D eigenvalue weighted by Crippen LogP contribution is 2.33. The van der Waals surface area contributed by atoms with Crippen LogP contribution in [0.25, 0.3) is 10.2 Å². The standard InChI is InChI=1S/C18H25N3OS/c1-13-14(12-20-7-3-2-4-8-20)17-16(23-13)11-15(19-17)18(22)21-9-5-6-10-21/h11,19H,2-10,12H2,1H3. The van der Waals surface area contributed by atoms with Gasteiger partial charge in [-0.05, 0) is 51.8 Å². The first-order chi connectivity index (χ1) is 11.2. The van der Waals surface area contributed by atoms with Crippen molar-refractivity contribution in [1.29, 1.82) is 0 Å². The molecule has 0 atom stereocenters. The molecule has 2 fully saturated rings. The number of nitrogens with one attached hydrogen (secondary N) is 1. The Balaban J connectivity index is 1.60.